The normalized spacial score (nSPS) is 13.1. The van der Waals surface area contributed by atoms with Crippen LogP contribution in [0.5, 0.6) is 5.75 Å². The summed E-state index contributed by atoms with van der Waals surface area (Å²) < 4.78 is 5.25. The lowest BCUT2D eigenvalue weighted by atomic mass is 9.97. The zero-order valence-electron chi connectivity index (χ0n) is 11.0. The van der Waals surface area contributed by atoms with Crippen molar-refractivity contribution >= 4 is 6.29 Å². The lowest BCUT2D eigenvalue weighted by molar-refractivity contribution is 0.112. The van der Waals surface area contributed by atoms with Crippen molar-refractivity contribution in [2.75, 3.05) is 7.11 Å². The van der Waals surface area contributed by atoms with E-state index in [1.54, 1.807) is 7.11 Å². The van der Waals surface area contributed by atoms with Gasteiger partial charge in [0.2, 0.25) is 0 Å². The summed E-state index contributed by atoms with van der Waals surface area (Å²) in [5, 5.41) is 0. The average molecular weight is 252 g/mol. The summed E-state index contributed by atoms with van der Waals surface area (Å²) in [6, 6.07) is 12.1. The molecule has 0 N–H and O–H groups in total. The number of rotatable bonds is 3. The highest BCUT2D eigenvalue weighted by molar-refractivity contribution is 5.88. The summed E-state index contributed by atoms with van der Waals surface area (Å²) in [4.78, 5) is 11.2. The third kappa shape index (κ3) is 2.14. The first-order valence-corrected chi connectivity index (χ1v) is 6.57. The quantitative estimate of drug-likeness (QED) is 0.779. The first kappa shape index (κ1) is 12.0. The lowest BCUT2D eigenvalue weighted by Crippen LogP contribution is -1.92. The van der Waals surface area contributed by atoms with E-state index >= 15 is 0 Å². The highest BCUT2D eigenvalue weighted by Gasteiger charge is 2.13. The molecule has 19 heavy (non-hydrogen) atoms. The van der Waals surface area contributed by atoms with Crippen molar-refractivity contribution in [2.45, 2.75) is 19.3 Å². The molecule has 0 saturated carbocycles. The molecule has 0 heterocycles. The van der Waals surface area contributed by atoms with Gasteiger partial charge in [-0.15, -0.1) is 0 Å². The highest BCUT2D eigenvalue weighted by atomic mass is 16.5. The minimum atomic E-state index is 0.707. The van der Waals surface area contributed by atoms with E-state index < -0.39 is 0 Å². The van der Waals surface area contributed by atoms with Gasteiger partial charge >= 0.3 is 0 Å². The number of benzene rings is 2. The molecular weight excluding hydrogens is 236 g/mol. The maximum atomic E-state index is 11.2. The van der Waals surface area contributed by atoms with Gasteiger partial charge in [0.25, 0.3) is 0 Å². The summed E-state index contributed by atoms with van der Waals surface area (Å²) in [5.41, 5.74) is 5.61. The van der Waals surface area contributed by atoms with Crippen LogP contribution >= 0.6 is 0 Å². The second kappa shape index (κ2) is 4.88. The maximum Gasteiger partial charge on any atom is 0.150 e. The molecule has 1 aliphatic rings. The van der Waals surface area contributed by atoms with Gasteiger partial charge in [-0.1, -0.05) is 18.2 Å². The Hall–Kier alpha value is -2.09. The van der Waals surface area contributed by atoms with Crippen molar-refractivity contribution in [1.82, 2.24) is 0 Å². The Labute approximate surface area is 113 Å². The van der Waals surface area contributed by atoms with E-state index in [1.165, 1.54) is 24.0 Å². The van der Waals surface area contributed by atoms with E-state index in [-0.39, 0.29) is 0 Å². The van der Waals surface area contributed by atoms with Crippen LogP contribution in [-0.4, -0.2) is 13.4 Å². The molecule has 3 rings (SSSR count). The predicted molar refractivity (Wildman–Crippen MR) is 75.8 cm³/mol. The van der Waals surface area contributed by atoms with E-state index in [1.807, 2.05) is 18.2 Å². The average Bonchev–Trinajstić information content (AvgIpc) is 2.93. The predicted octanol–water partition coefficient (Wildman–Crippen LogP) is 3.66. The van der Waals surface area contributed by atoms with Gasteiger partial charge in [0.15, 0.2) is 6.29 Å². The Morgan fingerprint density at radius 1 is 1.05 bits per heavy atom. The van der Waals surface area contributed by atoms with E-state index in [0.29, 0.717) is 5.56 Å². The number of aryl methyl sites for hydroxylation is 2. The summed E-state index contributed by atoms with van der Waals surface area (Å²) >= 11 is 0. The molecule has 2 heteroatoms. The Morgan fingerprint density at radius 2 is 1.89 bits per heavy atom. The van der Waals surface area contributed by atoms with Gasteiger partial charge in [-0.05, 0) is 59.7 Å². The number of aldehydes is 1. The van der Waals surface area contributed by atoms with Gasteiger partial charge in [0.05, 0.1) is 7.11 Å². The number of hydrogen-bond donors (Lipinski definition) is 0. The first-order chi connectivity index (χ1) is 9.31. The van der Waals surface area contributed by atoms with E-state index in [9.17, 15) is 4.79 Å². The van der Waals surface area contributed by atoms with Gasteiger partial charge in [-0.2, -0.15) is 0 Å². The number of carbonyl (C=O) groups is 1. The van der Waals surface area contributed by atoms with Crippen molar-refractivity contribution < 1.29 is 9.53 Å². The van der Waals surface area contributed by atoms with Crippen LogP contribution in [0.25, 0.3) is 11.1 Å². The van der Waals surface area contributed by atoms with Crippen molar-refractivity contribution in [1.29, 1.82) is 0 Å². The van der Waals surface area contributed by atoms with Crippen molar-refractivity contribution in [3.05, 3.63) is 53.1 Å². The number of hydrogen-bond acceptors (Lipinski definition) is 2. The van der Waals surface area contributed by atoms with E-state index in [2.05, 4.69) is 18.2 Å². The molecule has 2 nitrogen and oxygen atoms in total. The molecule has 0 aromatic heterocycles. The molecule has 0 unspecified atom stereocenters. The third-order valence-corrected chi connectivity index (χ3v) is 3.80. The Balaban J connectivity index is 2.12. The molecule has 0 radical (unpaired) electrons. The van der Waals surface area contributed by atoms with E-state index in [0.717, 1.165) is 29.6 Å². The summed E-state index contributed by atoms with van der Waals surface area (Å²) in [5.74, 6) is 0.779. The summed E-state index contributed by atoms with van der Waals surface area (Å²) in [6.45, 7) is 0. The number of ether oxygens (including phenoxy) is 1. The number of fused-ring (bicyclic) bond motifs is 1. The smallest absolute Gasteiger partial charge is 0.150 e. The van der Waals surface area contributed by atoms with Crippen LogP contribution in [0.15, 0.2) is 36.4 Å². The number of carbonyl (C=O) groups excluding carboxylic acids is 1. The fraction of sp³-hybridized carbons (Fsp3) is 0.235. The van der Waals surface area contributed by atoms with Gasteiger partial charge in [0.1, 0.15) is 5.75 Å². The molecule has 1 aliphatic carbocycles. The zero-order valence-corrected chi connectivity index (χ0v) is 11.0. The highest BCUT2D eigenvalue weighted by Crippen LogP contribution is 2.31. The van der Waals surface area contributed by atoms with Crippen LogP contribution in [0.4, 0.5) is 0 Å². The van der Waals surface area contributed by atoms with Crippen LogP contribution in [0, 0.1) is 0 Å². The monoisotopic (exact) mass is 252 g/mol. The Morgan fingerprint density at radius 3 is 2.68 bits per heavy atom. The molecule has 0 fully saturated rings. The van der Waals surface area contributed by atoms with Crippen molar-refractivity contribution in [2.24, 2.45) is 0 Å². The second-order valence-electron chi connectivity index (χ2n) is 4.91. The largest absolute Gasteiger partial charge is 0.497 e. The Kier molecular flexibility index (Phi) is 3.08. The minimum Gasteiger partial charge on any atom is -0.497 e. The molecule has 2 aromatic carbocycles. The molecular formula is C17H16O2. The van der Waals surface area contributed by atoms with Crippen LogP contribution in [-0.2, 0) is 12.8 Å². The van der Waals surface area contributed by atoms with Crippen LogP contribution in [0.2, 0.25) is 0 Å². The summed E-state index contributed by atoms with van der Waals surface area (Å²) in [6.07, 6.45) is 4.46. The standard InChI is InChI=1S/C17H16O2/c1-19-16-8-7-15(11-18)17(10-16)14-6-5-12-3-2-4-13(12)9-14/h5-11H,2-4H2,1H3. The SMILES string of the molecule is COc1ccc(C=O)c(-c2ccc3c(c2)CCC3)c1. The van der Waals surface area contributed by atoms with Gasteiger partial charge in [-0.25, -0.2) is 0 Å². The van der Waals surface area contributed by atoms with Gasteiger partial charge in [-0.3, -0.25) is 4.79 Å². The molecule has 0 spiro atoms. The Bertz CT molecular complexity index is 629. The first-order valence-electron chi connectivity index (χ1n) is 6.57. The van der Waals surface area contributed by atoms with Crippen LogP contribution < -0.4 is 4.74 Å². The maximum absolute atomic E-state index is 11.2. The van der Waals surface area contributed by atoms with Gasteiger partial charge < -0.3 is 4.74 Å². The fourth-order valence-electron chi connectivity index (χ4n) is 2.75. The third-order valence-electron chi connectivity index (χ3n) is 3.80. The number of methoxy groups -OCH3 is 1. The van der Waals surface area contributed by atoms with Crippen LogP contribution in [0.1, 0.15) is 27.9 Å². The molecule has 0 amide bonds. The molecule has 0 atom stereocenters. The molecule has 0 aliphatic heterocycles. The zero-order chi connectivity index (χ0) is 13.2. The molecule has 96 valence electrons. The molecule has 0 bridgehead atoms. The lowest BCUT2D eigenvalue weighted by Gasteiger charge is -2.09. The topological polar surface area (TPSA) is 26.3 Å². The summed E-state index contributed by atoms with van der Waals surface area (Å²) in [7, 11) is 1.64. The van der Waals surface area contributed by atoms with Crippen LogP contribution in [0.3, 0.4) is 0 Å². The fourth-order valence-corrected chi connectivity index (χ4v) is 2.75. The minimum absolute atomic E-state index is 0.707. The van der Waals surface area contributed by atoms with E-state index in [4.69, 9.17) is 4.74 Å². The van der Waals surface area contributed by atoms with Crippen molar-refractivity contribution in [3.8, 4) is 16.9 Å². The van der Waals surface area contributed by atoms with Gasteiger partial charge in [0, 0.05) is 5.56 Å². The van der Waals surface area contributed by atoms with Crippen molar-refractivity contribution in [3.63, 3.8) is 0 Å². The molecule has 2 aromatic rings. The molecule has 0 saturated heterocycles. The second-order valence-corrected chi connectivity index (χ2v) is 4.91.